The highest BCUT2D eigenvalue weighted by Crippen LogP contribution is 2.36. The molecule has 28 heavy (non-hydrogen) atoms. The molecule has 1 N–H and O–H groups in total. The van der Waals surface area contributed by atoms with Crippen molar-refractivity contribution in [1.29, 1.82) is 0 Å². The van der Waals surface area contributed by atoms with Crippen LogP contribution >= 0.6 is 23.2 Å². The molecule has 3 amide bonds. The molecule has 0 radical (unpaired) electrons. The number of hydrogen-bond donors (Lipinski definition) is 1. The number of carbonyl (C=O) groups excluding carboxylic acids is 2. The maximum Gasteiger partial charge on any atom is 0.325 e. The van der Waals surface area contributed by atoms with Crippen LogP contribution in [-0.4, -0.2) is 16.8 Å². The zero-order valence-electron chi connectivity index (χ0n) is 13.8. The predicted molar refractivity (Wildman–Crippen MR) is 89.1 cm³/mol. The minimum Gasteiger partial charge on any atom is -0.319 e. The van der Waals surface area contributed by atoms with Gasteiger partial charge in [-0.15, -0.1) is 0 Å². The second kappa shape index (κ2) is 6.89. The number of nitrogens with zero attached hydrogens (tertiary/aromatic N) is 1. The van der Waals surface area contributed by atoms with Crippen molar-refractivity contribution in [1.82, 2.24) is 10.2 Å². The molecule has 148 valence electrons. The highest BCUT2D eigenvalue weighted by atomic mass is 35.5. The minimum atomic E-state index is -2.34. The highest BCUT2D eigenvalue weighted by Gasteiger charge is 2.50. The van der Waals surface area contributed by atoms with Crippen LogP contribution in [0.3, 0.4) is 0 Å². The molecule has 1 fully saturated rings. The number of urea groups is 1. The van der Waals surface area contributed by atoms with Gasteiger partial charge < -0.3 is 5.32 Å². The molecule has 2 aromatic carbocycles. The largest absolute Gasteiger partial charge is 0.325 e. The van der Waals surface area contributed by atoms with E-state index in [9.17, 15) is 31.5 Å². The number of amides is 3. The van der Waals surface area contributed by atoms with Gasteiger partial charge in [0.25, 0.3) is 5.91 Å². The standard InChI is InChI=1S/C17H9Cl2F5N2O2/c1-17(8-3-2-6(18)4-9(8)19)15(27)26(16(28)25-17)5-7-10(20)12(22)14(24)13(23)11(7)21/h2-4H,5H2,1H3,(H,25,28)/t17-/m0/s1. The Bertz CT molecular complexity index is 1000. The SMILES string of the molecule is C[C@@]1(c2ccc(Cl)cc2Cl)NC(=O)N(Cc2c(F)c(F)c(F)c(F)c2F)C1=O. The van der Waals surface area contributed by atoms with E-state index in [-0.39, 0.29) is 15.6 Å². The zero-order valence-corrected chi connectivity index (χ0v) is 15.4. The quantitative estimate of drug-likeness (QED) is 0.328. The van der Waals surface area contributed by atoms with Crippen molar-refractivity contribution in [2.45, 2.75) is 19.0 Å². The van der Waals surface area contributed by atoms with Gasteiger partial charge >= 0.3 is 6.03 Å². The number of imide groups is 1. The van der Waals surface area contributed by atoms with Crippen LogP contribution in [0.2, 0.25) is 10.0 Å². The van der Waals surface area contributed by atoms with Gasteiger partial charge in [-0.25, -0.2) is 26.7 Å². The highest BCUT2D eigenvalue weighted by molar-refractivity contribution is 6.35. The van der Waals surface area contributed by atoms with Gasteiger partial charge in [-0.1, -0.05) is 29.3 Å². The maximum atomic E-state index is 13.9. The molecule has 0 aromatic heterocycles. The monoisotopic (exact) mass is 438 g/mol. The average Bonchev–Trinajstić information content (AvgIpc) is 2.85. The van der Waals surface area contributed by atoms with Gasteiger partial charge in [0.15, 0.2) is 23.3 Å². The summed E-state index contributed by atoms with van der Waals surface area (Å²) in [6, 6.07) is 2.99. The van der Waals surface area contributed by atoms with Crippen molar-refractivity contribution in [2.24, 2.45) is 0 Å². The van der Waals surface area contributed by atoms with Crippen LogP contribution in [0, 0.1) is 29.1 Å². The fourth-order valence-corrected chi connectivity index (χ4v) is 3.46. The van der Waals surface area contributed by atoms with Gasteiger partial charge in [-0.3, -0.25) is 9.69 Å². The lowest BCUT2D eigenvalue weighted by atomic mass is 9.92. The van der Waals surface area contributed by atoms with Crippen LogP contribution < -0.4 is 5.32 Å². The predicted octanol–water partition coefficient (Wildman–Crippen LogP) is 4.66. The Balaban J connectivity index is 2.02. The molecule has 3 rings (SSSR count). The summed E-state index contributed by atoms with van der Waals surface area (Å²) in [6.45, 7) is 0.109. The Morgan fingerprint density at radius 3 is 2.04 bits per heavy atom. The Labute approximate surface area is 164 Å². The smallest absolute Gasteiger partial charge is 0.319 e. The molecule has 0 bridgehead atoms. The molecule has 0 saturated carbocycles. The van der Waals surface area contributed by atoms with E-state index in [1.807, 2.05) is 0 Å². The summed E-state index contributed by atoms with van der Waals surface area (Å²) >= 11 is 11.9. The lowest BCUT2D eigenvalue weighted by Crippen LogP contribution is -2.41. The van der Waals surface area contributed by atoms with E-state index in [0.29, 0.717) is 4.90 Å². The molecule has 1 aliphatic heterocycles. The molecule has 4 nitrogen and oxygen atoms in total. The zero-order chi connectivity index (χ0) is 21.0. The summed E-state index contributed by atoms with van der Waals surface area (Å²) in [4.78, 5) is 25.4. The topological polar surface area (TPSA) is 49.4 Å². The molecular formula is C17H9Cl2F5N2O2. The first-order valence-corrected chi connectivity index (χ1v) is 8.34. The first-order valence-electron chi connectivity index (χ1n) is 7.59. The Kier molecular flexibility index (Phi) is 5.01. The number of nitrogens with one attached hydrogen (secondary N) is 1. The van der Waals surface area contributed by atoms with Crippen molar-refractivity contribution >= 4 is 35.1 Å². The number of rotatable bonds is 3. The lowest BCUT2D eigenvalue weighted by molar-refractivity contribution is -0.131. The third kappa shape index (κ3) is 2.98. The molecule has 1 saturated heterocycles. The van der Waals surface area contributed by atoms with Crippen LogP contribution in [0.15, 0.2) is 18.2 Å². The maximum absolute atomic E-state index is 13.9. The van der Waals surface area contributed by atoms with Gasteiger partial charge in [-0.2, -0.15) is 0 Å². The molecule has 1 atom stereocenters. The number of benzene rings is 2. The van der Waals surface area contributed by atoms with Gasteiger partial charge in [0.1, 0.15) is 5.54 Å². The third-order valence-electron chi connectivity index (χ3n) is 4.36. The average molecular weight is 439 g/mol. The number of halogens is 7. The molecule has 11 heteroatoms. The summed E-state index contributed by atoms with van der Waals surface area (Å²) in [5, 5.41) is 2.60. The van der Waals surface area contributed by atoms with Crippen LogP contribution in [0.4, 0.5) is 26.7 Å². The molecular weight excluding hydrogens is 430 g/mol. The summed E-state index contributed by atoms with van der Waals surface area (Å²) in [5.41, 5.74) is -2.91. The second-order valence-electron chi connectivity index (χ2n) is 6.12. The second-order valence-corrected chi connectivity index (χ2v) is 6.96. The van der Waals surface area contributed by atoms with Crippen LogP contribution in [0.5, 0.6) is 0 Å². The summed E-state index contributed by atoms with van der Waals surface area (Å²) in [6.07, 6.45) is 0. The van der Waals surface area contributed by atoms with Crippen molar-refractivity contribution < 1.29 is 31.5 Å². The fourth-order valence-electron chi connectivity index (χ4n) is 2.87. The van der Waals surface area contributed by atoms with Gasteiger partial charge in [-0.05, 0) is 19.1 Å². The summed E-state index contributed by atoms with van der Waals surface area (Å²) < 4.78 is 67.8. The number of hydrogen-bond acceptors (Lipinski definition) is 2. The molecule has 1 aliphatic rings. The molecule has 1 heterocycles. The van der Waals surface area contributed by atoms with E-state index in [0.717, 1.165) is 0 Å². The Hall–Kier alpha value is -2.39. The summed E-state index contributed by atoms with van der Waals surface area (Å²) in [7, 11) is 0. The van der Waals surface area contributed by atoms with E-state index in [1.54, 1.807) is 0 Å². The van der Waals surface area contributed by atoms with E-state index in [1.165, 1.54) is 25.1 Å². The normalized spacial score (nSPS) is 19.4. The minimum absolute atomic E-state index is 0.0294. The molecule has 0 aliphatic carbocycles. The van der Waals surface area contributed by atoms with Gasteiger partial charge in [0.05, 0.1) is 6.54 Å². The fraction of sp³-hybridized carbons (Fsp3) is 0.176. The lowest BCUT2D eigenvalue weighted by Gasteiger charge is -2.23. The molecule has 0 spiro atoms. The van der Waals surface area contributed by atoms with Crippen molar-refractivity contribution in [3.63, 3.8) is 0 Å². The first kappa shape index (κ1) is 20.3. The van der Waals surface area contributed by atoms with Crippen molar-refractivity contribution in [3.05, 3.63) is 68.5 Å². The van der Waals surface area contributed by atoms with E-state index in [2.05, 4.69) is 5.32 Å². The van der Waals surface area contributed by atoms with Crippen LogP contribution in [0.25, 0.3) is 0 Å². The van der Waals surface area contributed by atoms with Crippen LogP contribution in [0.1, 0.15) is 18.1 Å². The van der Waals surface area contributed by atoms with Gasteiger partial charge in [0, 0.05) is 21.2 Å². The van der Waals surface area contributed by atoms with E-state index in [4.69, 9.17) is 23.2 Å². The molecule has 0 unspecified atom stereocenters. The van der Waals surface area contributed by atoms with E-state index >= 15 is 0 Å². The van der Waals surface area contributed by atoms with Gasteiger partial charge in [0.2, 0.25) is 5.82 Å². The Morgan fingerprint density at radius 1 is 0.964 bits per heavy atom. The third-order valence-corrected chi connectivity index (χ3v) is 4.91. The molecule has 2 aromatic rings. The van der Waals surface area contributed by atoms with Crippen LogP contribution in [-0.2, 0) is 16.9 Å². The number of carbonyl (C=O) groups is 2. The Morgan fingerprint density at radius 2 is 1.50 bits per heavy atom. The van der Waals surface area contributed by atoms with E-state index < -0.39 is 58.7 Å². The first-order chi connectivity index (χ1) is 13.0. The summed E-state index contributed by atoms with van der Waals surface area (Å²) in [5.74, 6) is -11.9. The van der Waals surface area contributed by atoms with Crippen molar-refractivity contribution in [3.8, 4) is 0 Å². The van der Waals surface area contributed by atoms with Crippen molar-refractivity contribution in [2.75, 3.05) is 0 Å².